The number of halogens is 1. The van der Waals surface area contributed by atoms with E-state index < -0.39 is 5.41 Å². The van der Waals surface area contributed by atoms with E-state index in [0.29, 0.717) is 32.8 Å². The second kappa shape index (κ2) is 6.07. The van der Waals surface area contributed by atoms with Gasteiger partial charge in [0.2, 0.25) is 0 Å². The Morgan fingerprint density at radius 3 is 2.76 bits per heavy atom. The molecular weight excluding hydrogens is 334 g/mol. The van der Waals surface area contributed by atoms with E-state index in [1.807, 2.05) is 6.07 Å². The van der Waals surface area contributed by atoms with Gasteiger partial charge in [0.15, 0.2) is 0 Å². The molecule has 2 aliphatic heterocycles. The molecule has 0 aromatic heterocycles. The van der Waals surface area contributed by atoms with E-state index in [1.54, 1.807) is 0 Å². The van der Waals surface area contributed by atoms with Crippen LogP contribution in [-0.4, -0.2) is 32.1 Å². The molecule has 0 atom stereocenters. The summed E-state index contributed by atoms with van der Waals surface area (Å²) in [6, 6.07) is 4.06. The van der Waals surface area contributed by atoms with Gasteiger partial charge < -0.3 is 15.2 Å². The number of ether oxygens (including phenoxy) is 2. The lowest BCUT2D eigenvalue weighted by Crippen LogP contribution is -2.44. The van der Waals surface area contributed by atoms with E-state index in [4.69, 9.17) is 15.2 Å². The van der Waals surface area contributed by atoms with Crippen molar-refractivity contribution in [3.63, 3.8) is 0 Å². The Morgan fingerprint density at radius 1 is 1.29 bits per heavy atom. The monoisotopic (exact) mass is 353 g/mol. The molecule has 2 N–H and O–H groups in total. The Morgan fingerprint density at radius 2 is 2.05 bits per heavy atom. The molecule has 0 saturated carbocycles. The van der Waals surface area contributed by atoms with Crippen molar-refractivity contribution in [1.29, 1.82) is 0 Å². The summed E-state index contributed by atoms with van der Waals surface area (Å²) < 4.78 is 12.1. The number of benzene rings is 1. The van der Waals surface area contributed by atoms with Crippen molar-refractivity contribution in [2.24, 2.45) is 11.1 Å². The molecule has 0 bridgehead atoms. The second-order valence-corrected chi connectivity index (χ2v) is 6.76. The maximum absolute atomic E-state index is 12.8. The van der Waals surface area contributed by atoms with Gasteiger partial charge in [-0.2, -0.15) is 0 Å². The summed E-state index contributed by atoms with van der Waals surface area (Å²) in [5.41, 5.74) is 7.65. The number of Topliss-reactive ketones (excluding diaryl/α,β-unsaturated/α-hetero) is 1. The van der Waals surface area contributed by atoms with E-state index in [1.165, 1.54) is 5.56 Å². The minimum absolute atomic E-state index is 0.212. The molecule has 1 saturated heterocycles. The van der Waals surface area contributed by atoms with Gasteiger partial charge >= 0.3 is 0 Å². The van der Waals surface area contributed by atoms with Crippen molar-refractivity contribution in [3.05, 3.63) is 27.7 Å². The van der Waals surface area contributed by atoms with Gasteiger partial charge in [0, 0.05) is 48.1 Å². The maximum atomic E-state index is 12.8. The number of carbonyl (C=O) groups is 1. The fourth-order valence-corrected chi connectivity index (χ4v) is 3.75. The Balaban J connectivity index is 1.84. The first-order valence-electron chi connectivity index (χ1n) is 7.40. The van der Waals surface area contributed by atoms with Crippen molar-refractivity contribution in [2.75, 3.05) is 26.4 Å². The Hall–Kier alpha value is -0.910. The standard InChI is InChI=1S/C16H20BrNO3/c17-13-7-11-1-4-21-15(11)12(8-13)9-14(19)16(10-18)2-5-20-6-3-16/h7-8H,1-6,9-10,18H2. The average molecular weight is 354 g/mol. The highest BCUT2D eigenvalue weighted by molar-refractivity contribution is 9.10. The van der Waals surface area contributed by atoms with Gasteiger partial charge in [-0.1, -0.05) is 15.9 Å². The van der Waals surface area contributed by atoms with Crippen LogP contribution < -0.4 is 10.5 Å². The lowest BCUT2D eigenvalue weighted by Gasteiger charge is -2.34. The summed E-state index contributed by atoms with van der Waals surface area (Å²) in [4.78, 5) is 12.8. The van der Waals surface area contributed by atoms with Crippen molar-refractivity contribution >= 4 is 21.7 Å². The molecule has 114 valence electrons. The highest BCUT2D eigenvalue weighted by atomic mass is 79.9. The van der Waals surface area contributed by atoms with Crippen LogP contribution in [0.2, 0.25) is 0 Å². The Kier molecular flexibility index (Phi) is 4.33. The van der Waals surface area contributed by atoms with Crippen molar-refractivity contribution < 1.29 is 14.3 Å². The Labute approximate surface area is 133 Å². The lowest BCUT2D eigenvalue weighted by molar-refractivity contribution is -0.132. The number of hydrogen-bond donors (Lipinski definition) is 1. The van der Waals surface area contributed by atoms with E-state index in [2.05, 4.69) is 22.0 Å². The highest BCUT2D eigenvalue weighted by Crippen LogP contribution is 2.37. The first kappa shape index (κ1) is 15.0. The largest absolute Gasteiger partial charge is 0.493 e. The Bertz CT molecular complexity index is 553. The molecule has 5 heteroatoms. The topological polar surface area (TPSA) is 61.6 Å². The normalized spacial score (nSPS) is 19.9. The molecule has 0 spiro atoms. The first-order valence-corrected chi connectivity index (χ1v) is 8.19. The number of hydrogen-bond acceptors (Lipinski definition) is 4. The fourth-order valence-electron chi connectivity index (χ4n) is 3.20. The summed E-state index contributed by atoms with van der Waals surface area (Å²) in [5.74, 6) is 1.11. The van der Waals surface area contributed by atoms with Gasteiger partial charge in [-0.05, 0) is 30.5 Å². The summed E-state index contributed by atoms with van der Waals surface area (Å²) in [7, 11) is 0. The second-order valence-electron chi connectivity index (χ2n) is 5.85. The molecule has 3 rings (SSSR count). The zero-order valence-electron chi connectivity index (χ0n) is 12.0. The zero-order chi connectivity index (χ0) is 14.9. The summed E-state index contributed by atoms with van der Waals surface area (Å²) in [6.07, 6.45) is 2.74. The third-order valence-electron chi connectivity index (χ3n) is 4.61. The van der Waals surface area contributed by atoms with Gasteiger partial charge in [-0.15, -0.1) is 0 Å². The number of rotatable bonds is 4. The van der Waals surface area contributed by atoms with Gasteiger partial charge in [-0.25, -0.2) is 0 Å². The van der Waals surface area contributed by atoms with Crippen molar-refractivity contribution in [3.8, 4) is 5.75 Å². The van der Waals surface area contributed by atoms with E-state index in [-0.39, 0.29) is 5.78 Å². The molecule has 4 nitrogen and oxygen atoms in total. The quantitative estimate of drug-likeness (QED) is 0.901. The molecule has 0 aliphatic carbocycles. The van der Waals surface area contributed by atoms with Crippen LogP contribution in [0.1, 0.15) is 24.0 Å². The van der Waals surface area contributed by atoms with Crippen LogP contribution in [0.3, 0.4) is 0 Å². The lowest BCUT2D eigenvalue weighted by atomic mass is 9.74. The minimum Gasteiger partial charge on any atom is -0.493 e. The number of fused-ring (bicyclic) bond motifs is 1. The third-order valence-corrected chi connectivity index (χ3v) is 5.07. The van der Waals surface area contributed by atoms with E-state index in [0.717, 1.165) is 35.0 Å². The van der Waals surface area contributed by atoms with Crippen LogP contribution >= 0.6 is 15.9 Å². The molecule has 0 radical (unpaired) electrons. The van der Waals surface area contributed by atoms with Crippen LogP contribution in [0.5, 0.6) is 5.75 Å². The van der Waals surface area contributed by atoms with Crippen molar-refractivity contribution in [2.45, 2.75) is 25.7 Å². The molecule has 1 aromatic rings. The smallest absolute Gasteiger partial charge is 0.144 e. The van der Waals surface area contributed by atoms with Gasteiger partial charge in [0.25, 0.3) is 0 Å². The molecule has 2 aliphatic rings. The van der Waals surface area contributed by atoms with Gasteiger partial charge in [0.1, 0.15) is 11.5 Å². The van der Waals surface area contributed by atoms with Crippen LogP contribution in [0.25, 0.3) is 0 Å². The van der Waals surface area contributed by atoms with E-state index >= 15 is 0 Å². The third kappa shape index (κ3) is 2.87. The summed E-state index contributed by atoms with van der Waals surface area (Å²) in [6.45, 7) is 2.33. The first-order chi connectivity index (χ1) is 10.1. The number of nitrogens with two attached hydrogens (primary N) is 1. The van der Waals surface area contributed by atoms with Crippen molar-refractivity contribution in [1.82, 2.24) is 0 Å². The van der Waals surface area contributed by atoms with Gasteiger partial charge in [-0.3, -0.25) is 4.79 Å². The maximum Gasteiger partial charge on any atom is 0.144 e. The molecule has 21 heavy (non-hydrogen) atoms. The SMILES string of the molecule is NCC1(C(=O)Cc2cc(Br)cc3c2OCC3)CCOCC1. The molecule has 0 unspecified atom stereocenters. The fraction of sp³-hybridized carbons (Fsp3) is 0.562. The van der Waals surface area contributed by atoms with Crippen LogP contribution in [0, 0.1) is 5.41 Å². The number of ketones is 1. The molecule has 1 fully saturated rings. The minimum atomic E-state index is -0.425. The summed E-state index contributed by atoms with van der Waals surface area (Å²) >= 11 is 3.52. The van der Waals surface area contributed by atoms with E-state index in [9.17, 15) is 4.79 Å². The van der Waals surface area contributed by atoms with Crippen LogP contribution in [0.15, 0.2) is 16.6 Å². The molecule has 1 aromatic carbocycles. The van der Waals surface area contributed by atoms with Crippen LogP contribution in [0.4, 0.5) is 0 Å². The average Bonchev–Trinajstić information content (AvgIpc) is 2.96. The summed E-state index contributed by atoms with van der Waals surface area (Å²) in [5, 5.41) is 0. The van der Waals surface area contributed by atoms with Gasteiger partial charge in [0.05, 0.1) is 6.61 Å². The van der Waals surface area contributed by atoms with Crippen LogP contribution in [-0.2, 0) is 22.4 Å². The zero-order valence-corrected chi connectivity index (χ0v) is 13.6. The molecular formula is C16H20BrNO3. The predicted octanol–water partition coefficient (Wildman–Crippen LogP) is 2.25. The predicted molar refractivity (Wildman–Crippen MR) is 83.6 cm³/mol. The molecule has 0 amide bonds. The highest BCUT2D eigenvalue weighted by Gasteiger charge is 2.38. The number of carbonyl (C=O) groups excluding carboxylic acids is 1. The molecule has 2 heterocycles.